The molecule has 0 amide bonds. The van der Waals surface area contributed by atoms with E-state index in [1.54, 1.807) is 6.07 Å². The Kier molecular flexibility index (Phi) is 4.17. The van der Waals surface area contributed by atoms with Crippen LogP contribution in [0.5, 0.6) is 0 Å². The van der Waals surface area contributed by atoms with Gasteiger partial charge in [-0.25, -0.2) is 13.2 Å². The van der Waals surface area contributed by atoms with Crippen molar-refractivity contribution in [3.05, 3.63) is 59.4 Å². The molecule has 0 fully saturated rings. The highest BCUT2D eigenvalue weighted by Crippen LogP contribution is 2.33. The molecular weight excluding hydrogens is 273 g/mol. The number of halogens is 3. The monoisotopic (exact) mass is 284 g/mol. The first-order valence-electron chi connectivity index (χ1n) is 5.58. The molecule has 0 aliphatic carbocycles. The molecule has 2 aromatic rings. The summed E-state index contributed by atoms with van der Waals surface area (Å²) in [5, 5.41) is 9.33. The maximum absolute atomic E-state index is 13.8. The summed E-state index contributed by atoms with van der Waals surface area (Å²) in [5.74, 6) is -1.76. The quantitative estimate of drug-likeness (QED) is 0.906. The Bertz CT molecular complexity index is 599. The van der Waals surface area contributed by atoms with Crippen LogP contribution in [0, 0.1) is 17.5 Å². The first-order chi connectivity index (χ1) is 8.97. The average molecular weight is 284 g/mol. The van der Waals surface area contributed by atoms with Gasteiger partial charge in [0.05, 0.1) is 11.0 Å². The van der Waals surface area contributed by atoms with Crippen LogP contribution in [0.1, 0.15) is 18.6 Å². The number of hydrogen-bond donors (Lipinski definition) is 1. The second kappa shape index (κ2) is 5.67. The van der Waals surface area contributed by atoms with Gasteiger partial charge in [-0.3, -0.25) is 0 Å². The largest absolute Gasteiger partial charge is 0.389 e. The molecule has 2 rings (SSSR count). The lowest BCUT2D eigenvalue weighted by molar-refractivity contribution is 0.198. The number of hydrogen-bond acceptors (Lipinski definition) is 2. The second-order valence-corrected chi connectivity index (χ2v) is 5.13. The van der Waals surface area contributed by atoms with E-state index < -0.39 is 23.6 Å². The summed E-state index contributed by atoms with van der Waals surface area (Å²) >= 11 is 0.804. The summed E-state index contributed by atoms with van der Waals surface area (Å²) in [6, 6.07) is 7.19. The van der Waals surface area contributed by atoms with Crippen LogP contribution in [-0.4, -0.2) is 5.11 Å². The molecule has 1 atom stereocenters. The van der Waals surface area contributed by atoms with Crippen molar-refractivity contribution in [2.75, 3.05) is 0 Å². The highest BCUT2D eigenvalue weighted by molar-refractivity contribution is 7.99. The van der Waals surface area contributed by atoms with Crippen molar-refractivity contribution in [2.24, 2.45) is 0 Å². The Labute approximate surface area is 113 Å². The van der Waals surface area contributed by atoms with E-state index >= 15 is 0 Å². The lowest BCUT2D eigenvalue weighted by Gasteiger charge is -2.08. The SMILES string of the molecule is C[C@@H](O)c1ccc(Sc2cc(F)ccc2F)c(F)c1. The van der Waals surface area contributed by atoms with Crippen molar-refractivity contribution >= 4 is 11.8 Å². The molecule has 0 aliphatic rings. The zero-order valence-electron chi connectivity index (χ0n) is 10.0. The van der Waals surface area contributed by atoms with Crippen LogP contribution in [0.2, 0.25) is 0 Å². The number of aliphatic hydroxyl groups excluding tert-OH is 1. The van der Waals surface area contributed by atoms with Crippen LogP contribution in [-0.2, 0) is 0 Å². The highest BCUT2D eigenvalue weighted by atomic mass is 32.2. The third kappa shape index (κ3) is 3.30. The van der Waals surface area contributed by atoms with E-state index in [-0.39, 0.29) is 9.79 Å². The summed E-state index contributed by atoms with van der Waals surface area (Å²) in [4.78, 5) is 0.192. The molecule has 0 bridgehead atoms. The molecule has 0 saturated heterocycles. The third-order valence-corrected chi connectivity index (χ3v) is 3.64. The highest BCUT2D eigenvalue weighted by Gasteiger charge is 2.11. The van der Waals surface area contributed by atoms with Crippen LogP contribution in [0.3, 0.4) is 0 Å². The predicted molar refractivity (Wildman–Crippen MR) is 67.5 cm³/mol. The lowest BCUT2D eigenvalue weighted by atomic mass is 10.1. The molecule has 1 N–H and O–H groups in total. The van der Waals surface area contributed by atoms with Gasteiger partial charge in [-0.2, -0.15) is 0 Å². The van der Waals surface area contributed by atoms with Crippen molar-refractivity contribution in [3.63, 3.8) is 0 Å². The summed E-state index contributed by atoms with van der Waals surface area (Å²) in [6.45, 7) is 1.52. The summed E-state index contributed by atoms with van der Waals surface area (Å²) in [5.41, 5.74) is 0.432. The lowest BCUT2D eigenvalue weighted by Crippen LogP contribution is -1.93. The van der Waals surface area contributed by atoms with Gasteiger partial charge in [-0.1, -0.05) is 17.8 Å². The number of aliphatic hydroxyl groups is 1. The van der Waals surface area contributed by atoms with Gasteiger partial charge in [0.2, 0.25) is 0 Å². The van der Waals surface area contributed by atoms with Crippen molar-refractivity contribution in [1.29, 1.82) is 0 Å². The van der Waals surface area contributed by atoms with Crippen LogP contribution in [0.25, 0.3) is 0 Å². The van der Waals surface area contributed by atoms with Crippen LogP contribution >= 0.6 is 11.8 Å². The van der Waals surface area contributed by atoms with E-state index in [0.29, 0.717) is 5.56 Å². The van der Waals surface area contributed by atoms with Crippen LogP contribution in [0.4, 0.5) is 13.2 Å². The van der Waals surface area contributed by atoms with Gasteiger partial charge in [-0.15, -0.1) is 0 Å². The molecule has 0 aromatic heterocycles. The Morgan fingerprint density at radius 1 is 0.947 bits per heavy atom. The normalized spacial score (nSPS) is 12.5. The second-order valence-electron chi connectivity index (χ2n) is 4.04. The summed E-state index contributed by atoms with van der Waals surface area (Å²) in [6.07, 6.45) is -0.778. The molecule has 0 heterocycles. The maximum Gasteiger partial charge on any atom is 0.137 e. The van der Waals surface area contributed by atoms with Gasteiger partial charge >= 0.3 is 0 Å². The van der Waals surface area contributed by atoms with Crippen LogP contribution < -0.4 is 0 Å². The molecule has 0 aliphatic heterocycles. The predicted octanol–water partition coefficient (Wildman–Crippen LogP) is 4.31. The van der Waals surface area contributed by atoms with Crippen molar-refractivity contribution in [3.8, 4) is 0 Å². The zero-order chi connectivity index (χ0) is 14.0. The fourth-order valence-corrected chi connectivity index (χ4v) is 2.40. The standard InChI is InChI=1S/C14H11F3OS/c1-8(18)9-2-5-13(12(17)6-9)19-14-7-10(15)3-4-11(14)16/h2-8,18H,1H3/t8-/m1/s1. The van der Waals surface area contributed by atoms with Crippen molar-refractivity contribution in [2.45, 2.75) is 22.8 Å². The molecule has 2 aromatic carbocycles. The van der Waals surface area contributed by atoms with E-state index in [0.717, 1.165) is 30.0 Å². The van der Waals surface area contributed by atoms with E-state index in [1.165, 1.54) is 19.1 Å². The zero-order valence-corrected chi connectivity index (χ0v) is 10.8. The van der Waals surface area contributed by atoms with E-state index in [4.69, 9.17) is 0 Å². The van der Waals surface area contributed by atoms with Gasteiger partial charge in [0.25, 0.3) is 0 Å². The Hall–Kier alpha value is -1.46. The first kappa shape index (κ1) is 14.0. The summed E-state index contributed by atoms with van der Waals surface area (Å²) < 4.78 is 40.2. The first-order valence-corrected chi connectivity index (χ1v) is 6.39. The number of benzene rings is 2. The topological polar surface area (TPSA) is 20.2 Å². The smallest absolute Gasteiger partial charge is 0.137 e. The minimum absolute atomic E-state index is 0.0173. The molecule has 0 radical (unpaired) electrons. The molecule has 19 heavy (non-hydrogen) atoms. The summed E-state index contributed by atoms with van der Waals surface area (Å²) in [7, 11) is 0. The van der Waals surface area contributed by atoms with E-state index in [9.17, 15) is 18.3 Å². The van der Waals surface area contributed by atoms with Crippen LogP contribution in [0.15, 0.2) is 46.2 Å². The van der Waals surface area contributed by atoms with Crippen molar-refractivity contribution < 1.29 is 18.3 Å². The molecule has 0 unspecified atom stereocenters. The molecule has 5 heteroatoms. The fraction of sp³-hybridized carbons (Fsp3) is 0.143. The molecule has 0 saturated carbocycles. The molecule has 100 valence electrons. The van der Waals surface area contributed by atoms with Gasteiger partial charge < -0.3 is 5.11 Å². The Morgan fingerprint density at radius 2 is 1.68 bits per heavy atom. The van der Waals surface area contributed by atoms with Gasteiger partial charge in [0, 0.05) is 4.90 Å². The molecule has 1 nitrogen and oxygen atoms in total. The maximum atomic E-state index is 13.8. The Balaban J connectivity index is 2.31. The third-order valence-electron chi connectivity index (χ3n) is 2.55. The minimum atomic E-state index is -0.778. The van der Waals surface area contributed by atoms with Gasteiger partial charge in [0.15, 0.2) is 0 Å². The fourth-order valence-electron chi connectivity index (χ4n) is 1.53. The minimum Gasteiger partial charge on any atom is -0.389 e. The number of rotatable bonds is 3. The average Bonchev–Trinajstić information content (AvgIpc) is 2.36. The van der Waals surface area contributed by atoms with Gasteiger partial charge in [0.1, 0.15) is 17.5 Å². The molecular formula is C14H11F3OS. The van der Waals surface area contributed by atoms with E-state index in [2.05, 4.69) is 0 Å². The molecule has 0 spiro atoms. The van der Waals surface area contributed by atoms with E-state index in [1.807, 2.05) is 0 Å². The Morgan fingerprint density at radius 3 is 2.32 bits per heavy atom. The van der Waals surface area contributed by atoms with Gasteiger partial charge in [-0.05, 0) is 42.8 Å². The van der Waals surface area contributed by atoms with Crippen molar-refractivity contribution in [1.82, 2.24) is 0 Å².